The van der Waals surface area contributed by atoms with Gasteiger partial charge in [0.15, 0.2) is 0 Å². The molecule has 1 aromatic carbocycles. The van der Waals surface area contributed by atoms with E-state index in [1.165, 1.54) is 11.0 Å². The molecule has 5 rings (SSSR count). The zero-order chi connectivity index (χ0) is 25.0. The third kappa shape index (κ3) is 4.66. The Labute approximate surface area is 211 Å². The Hall–Kier alpha value is -2.23. The Morgan fingerprint density at radius 2 is 1.77 bits per heavy atom. The summed E-state index contributed by atoms with van der Waals surface area (Å²) in [5.41, 5.74) is -0.156. The number of alkyl halides is 3. The summed E-state index contributed by atoms with van der Waals surface area (Å²) in [5, 5.41) is 3.70. The molecule has 0 bridgehead atoms. The number of halogens is 4. The van der Waals surface area contributed by atoms with Gasteiger partial charge >= 0.3 is 6.18 Å². The van der Waals surface area contributed by atoms with E-state index in [0.717, 1.165) is 18.2 Å². The molecule has 2 amide bonds. The van der Waals surface area contributed by atoms with Crippen molar-refractivity contribution < 1.29 is 22.8 Å². The van der Waals surface area contributed by atoms with Crippen molar-refractivity contribution in [3.8, 4) is 0 Å². The molecule has 0 spiro atoms. The van der Waals surface area contributed by atoms with Gasteiger partial charge in [-0.05, 0) is 31.6 Å². The van der Waals surface area contributed by atoms with Crippen molar-refractivity contribution in [2.24, 2.45) is 5.92 Å². The van der Waals surface area contributed by atoms with Crippen molar-refractivity contribution >= 4 is 35.2 Å². The van der Waals surface area contributed by atoms with Crippen molar-refractivity contribution in [1.29, 1.82) is 0 Å². The molecular formula is C25H25ClF3N3O2S. The van der Waals surface area contributed by atoms with Crippen LogP contribution in [-0.4, -0.2) is 70.8 Å². The molecule has 3 heterocycles. The first-order valence-corrected chi connectivity index (χ1v) is 12.7. The molecule has 0 radical (unpaired) electrons. The molecule has 0 saturated carbocycles. The standard InChI is InChI=1S/C25H25ClF3N3O2S/c1-24-9-7-16(26)11-19(24)20(25(27,28)29)21(35-24)23(34)32-13-18(14-32)30-17-8-10-31(12-17)22(33)15-5-3-2-4-6-15/h2-7,9,11,17-19,30H,8,10,12-14H2,1H3. The molecule has 0 aromatic heterocycles. The number of carbonyl (C=O) groups is 2. The molecule has 2 fully saturated rings. The van der Waals surface area contributed by atoms with E-state index in [1.807, 2.05) is 18.2 Å². The minimum Gasteiger partial charge on any atom is -0.337 e. The highest BCUT2D eigenvalue weighted by molar-refractivity contribution is 8.05. The molecule has 35 heavy (non-hydrogen) atoms. The zero-order valence-electron chi connectivity index (χ0n) is 19.0. The largest absolute Gasteiger partial charge is 0.414 e. The minimum atomic E-state index is -4.62. The van der Waals surface area contributed by atoms with Gasteiger partial charge in [-0.2, -0.15) is 13.2 Å². The number of nitrogens with zero attached hydrogens (tertiary/aromatic N) is 2. The number of rotatable bonds is 4. The number of carbonyl (C=O) groups excluding carboxylic acids is 2. The molecule has 3 unspecified atom stereocenters. The maximum atomic E-state index is 14.0. The van der Waals surface area contributed by atoms with Crippen LogP contribution in [0.3, 0.4) is 0 Å². The Morgan fingerprint density at radius 3 is 2.46 bits per heavy atom. The molecule has 10 heteroatoms. The van der Waals surface area contributed by atoms with E-state index in [9.17, 15) is 22.8 Å². The second kappa shape index (κ2) is 9.01. The summed E-state index contributed by atoms with van der Waals surface area (Å²) in [6.07, 6.45) is 0.798. The number of fused-ring (bicyclic) bond motifs is 1. The molecule has 3 aliphatic heterocycles. The fourth-order valence-corrected chi connectivity index (χ4v) is 6.79. The molecular weight excluding hydrogens is 499 g/mol. The van der Waals surface area contributed by atoms with Crippen molar-refractivity contribution in [2.45, 2.75) is 36.4 Å². The van der Waals surface area contributed by atoms with Gasteiger partial charge in [0.05, 0.1) is 10.5 Å². The maximum absolute atomic E-state index is 14.0. The van der Waals surface area contributed by atoms with E-state index in [-0.39, 0.29) is 27.9 Å². The van der Waals surface area contributed by atoms with Crippen LogP contribution in [0.5, 0.6) is 0 Å². The van der Waals surface area contributed by atoms with Gasteiger partial charge in [-0.1, -0.05) is 42.0 Å². The van der Waals surface area contributed by atoms with Crippen LogP contribution in [0.4, 0.5) is 13.2 Å². The normalized spacial score (nSPS) is 28.8. The van der Waals surface area contributed by atoms with Crippen molar-refractivity contribution in [1.82, 2.24) is 15.1 Å². The number of nitrogens with one attached hydrogen (secondary N) is 1. The lowest BCUT2D eigenvalue weighted by atomic mass is 9.82. The van der Waals surface area contributed by atoms with Crippen LogP contribution in [0.15, 0.2) is 64.1 Å². The summed E-state index contributed by atoms with van der Waals surface area (Å²) in [5.74, 6) is -1.59. The van der Waals surface area contributed by atoms with E-state index in [1.54, 1.807) is 36.1 Å². The number of thioether (sulfide) groups is 1. The molecule has 5 nitrogen and oxygen atoms in total. The first kappa shape index (κ1) is 24.5. The van der Waals surface area contributed by atoms with Crippen molar-refractivity contribution in [3.05, 3.63) is 69.6 Å². The third-order valence-electron chi connectivity index (χ3n) is 7.03. The Bertz CT molecular complexity index is 1130. The van der Waals surface area contributed by atoms with Gasteiger partial charge in [-0.3, -0.25) is 9.59 Å². The van der Waals surface area contributed by atoms with Crippen molar-refractivity contribution in [2.75, 3.05) is 26.2 Å². The van der Waals surface area contributed by atoms with Gasteiger partial charge in [-0.15, -0.1) is 11.8 Å². The third-order valence-corrected chi connectivity index (χ3v) is 8.71. The second-order valence-electron chi connectivity index (χ2n) is 9.57. The zero-order valence-corrected chi connectivity index (χ0v) is 20.6. The van der Waals surface area contributed by atoms with Gasteiger partial charge in [0.1, 0.15) is 0 Å². The van der Waals surface area contributed by atoms with Crippen LogP contribution in [0, 0.1) is 5.92 Å². The molecule has 1 N–H and O–H groups in total. The molecule has 2 saturated heterocycles. The van der Waals surface area contributed by atoms with E-state index in [2.05, 4.69) is 5.32 Å². The lowest BCUT2D eigenvalue weighted by Crippen LogP contribution is -2.62. The maximum Gasteiger partial charge on any atom is 0.414 e. The number of benzene rings is 1. The van der Waals surface area contributed by atoms with E-state index < -0.39 is 28.3 Å². The minimum absolute atomic E-state index is 0.0100. The van der Waals surface area contributed by atoms with Crippen LogP contribution in [0.1, 0.15) is 23.7 Å². The fourth-order valence-electron chi connectivity index (χ4n) is 5.15. The average molecular weight is 524 g/mol. The summed E-state index contributed by atoms with van der Waals surface area (Å²) in [6.45, 7) is 3.59. The highest BCUT2D eigenvalue weighted by Crippen LogP contribution is 2.58. The highest BCUT2D eigenvalue weighted by atomic mass is 35.5. The van der Waals surface area contributed by atoms with E-state index in [4.69, 9.17) is 11.6 Å². The molecule has 3 atom stereocenters. The van der Waals surface area contributed by atoms with Crippen LogP contribution >= 0.6 is 23.4 Å². The first-order valence-electron chi connectivity index (χ1n) is 11.5. The summed E-state index contributed by atoms with van der Waals surface area (Å²) in [6, 6.07) is 9.19. The van der Waals surface area contributed by atoms with Crippen molar-refractivity contribution in [3.63, 3.8) is 0 Å². The van der Waals surface area contributed by atoms with Crippen LogP contribution in [0.2, 0.25) is 0 Å². The predicted octanol–water partition coefficient (Wildman–Crippen LogP) is 4.33. The Kier molecular flexibility index (Phi) is 6.30. The summed E-state index contributed by atoms with van der Waals surface area (Å²) >= 11 is 6.97. The smallest absolute Gasteiger partial charge is 0.337 e. The monoisotopic (exact) mass is 523 g/mol. The van der Waals surface area contributed by atoms with Gasteiger partial charge in [0, 0.05) is 59.5 Å². The Morgan fingerprint density at radius 1 is 1.09 bits per heavy atom. The molecule has 1 aliphatic carbocycles. The van der Waals surface area contributed by atoms with E-state index in [0.29, 0.717) is 31.7 Å². The summed E-state index contributed by atoms with van der Waals surface area (Å²) in [4.78, 5) is 28.8. The van der Waals surface area contributed by atoms with Crippen LogP contribution in [0.25, 0.3) is 0 Å². The van der Waals surface area contributed by atoms with E-state index >= 15 is 0 Å². The Balaban J connectivity index is 1.20. The van der Waals surface area contributed by atoms with Gasteiger partial charge in [0.2, 0.25) is 0 Å². The second-order valence-corrected chi connectivity index (χ2v) is 11.5. The highest BCUT2D eigenvalue weighted by Gasteiger charge is 2.55. The SMILES string of the molecule is CC12C=CC(Cl)=CC1C(C(F)(F)F)=C(C(=O)N1CC(NC3CCN(C(=O)c4ccccc4)C3)C1)S2. The molecule has 4 aliphatic rings. The lowest BCUT2D eigenvalue weighted by Gasteiger charge is -2.41. The molecule has 1 aromatic rings. The topological polar surface area (TPSA) is 52.7 Å². The van der Waals surface area contributed by atoms with Gasteiger partial charge in [-0.25, -0.2) is 0 Å². The van der Waals surface area contributed by atoms with Crippen LogP contribution in [-0.2, 0) is 4.79 Å². The first-order chi connectivity index (χ1) is 16.5. The number of hydrogen-bond acceptors (Lipinski definition) is 4. The number of likely N-dealkylation sites (tertiary alicyclic amines) is 2. The fraction of sp³-hybridized carbons (Fsp3) is 0.440. The summed E-state index contributed by atoms with van der Waals surface area (Å²) in [7, 11) is 0. The lowest BCUT2D eigenvalue weighted by molar-refractivity contribution is -0.132. The predicted molar refractivity (Wildman–Crippen MR) is 130 cm³/mol. The molecule has 186 valence electrons. The van der Waals surface area contributed by atoms with Crippen LogP contribution < -0.4 is 5.32 Å². The number of allylic oxidation sites excluding steroid dienone is 4. The summed E-state index contributed by atoms with van der Waals surface area (Å²) < 4.78 is 41.1. The number of hydrogen-bond donors (Lipinski definition) is 1. The quantitative estimate of drug-likeness (QED) is 0.638. The van der Waals surface area contributed by atoms with Gasteiger partial charge in [0.25, 0.3) is 11.8 Å². The number of amides is 2. The van der Waals surface area contributed by atoms with Gasteiger partial charge < -0.3 is 15.1 Å². The average Bonchev–Trinajstić information content (AvgIpc) is 3.38.